The minimum Gasteiger partial charge on any atom is -0.340 e. The van der Waals surface area contributed by atoms with Crippen molar-refractivity contribution in [3.05, 3.63) is 66.0 Å². The number of nitrogens with one attached hydrogen (secondary N) is 1. The van der Waals surface area contributed by atoms with Gasteiger partial charge >= 0.3 is 0 Å². The minimum absolute atomic E-state index is 0.000874. The van der Waals surface area contributed by atoms with Crippen LogP contribution in [0.25, 0.3) is 11.3 Å². The highest BCUT2D eigenvalue weighted by Gasteiger charge is 2.24. The van der Waals surface area contributed by atoms with Crippen LogP contribution in [0.3, 0.4) is 0 Å². The lowest BCUT2D eigenvalue weighted by Gasteiger charge is -2.29. The summed E-state index contributed by atoms with van der Waals surface area (Å²) in [5.74, 6) is 3.14. The highest BCUT2D eigenvalue weighted by atomic mass is 32.2. The number of nitrogens with zero attached hydrogens (tertiary/aromatic N) is 5. The molecule has 2 aliphatic heterocycles. The van der Waals surface area contributed by atoms with Crippen molar-refractivity contribution in [1.29, 1.82) is 0 Å². The molecule has 182 valence electrons. The Bertz CT molecular complexity index is 1200. The molecule has 5 rings (SSSR count). The molecule has 1 N–H and O–H groups in total. The first-order valence-corrected chi connectivity index (χ1v) is 13.1. The first kappa shape index (κ1) is 23.7. The summed E-state index contributed by atoms with van der Waals surface area (Å²) >= 11 is 1.87. The Balaban J connectivity index is 1.49. The van der Waals surface area contributed by atoms with Crippen molar-refractivity contribution in [1.82, 2.24) is 24.8 Å². The molecule has 35 heavy (non-hydrogen) atoms. The molecule has 2 aromatic heterocycles. The van der Waals surface area contributed by atoms with Crippen LogP contribution in [0, 0.1) is 5.82 Å². The fourth-order valence-electron chi connectivity index (χ4n) is 4.60. The summed E-state index contributed by atoms with van der Waals surface area (Å²) in [7, 11) is 2.11. The van der Waals surface area contributed by atoms with Gasteiger partial charge in [0.25, 0.3) is 5.91 Å². The fourth-order valence-corrected chi connectivity index (χ4v) is 5.50. The summed E-state index contributed by atoms with van der Waals surface area (Å²) in [6.07, 6.45) is 5.45. The zero-order chi connectivity index (χ0) is 24.2. The summed E-state index contributed by atoms with van der Waals surface area (Å²) in [5, 5.41) is 3.23. The van der Waals surface area contributed by atoms with Gasteiger partial charge in [-0.2, -0.15) is 11.8 Å². The summed E-state index contributed by atoms with van der Waals surface area (Å²) in [5.41, 5.74) is 2.63. The van der Waals surface area contributed by atoms with Crippen LogP contribution >= 0.6 is 11.8 Å². The van der Waals surface area contributed by atoms with E-state index in [9.17, 15) is 9.18 Å². The molecule has 0 saturated carbocycles. The van der Waals surface area contributed by atoms with E-state index in [0.29, 0.717) is 22.8 Å². The van der Waals surface area contributed by atoms with E-state index in [1.807, 2.05) is 28.8 Å². The van der Waals surface area contributed by atoms with Crippen LogP contribution in [0.1, 0.15) is 34.9 Å². The molecule has 2 aliphatic rings. The van der Waals surface area contributed by atoms with E-state index >= 15 is 0 Å². The maximum Gasteiger partial charge on any atom is 0.255 e. The smallest absolute Gasteiger partial charge is 0.255 e. The van der Waals surface area contributed by atoms with Gasteiger partial charge in [-0.25, -0.2) is 14.4 Å². The standard InChI is InChI=1S/C26H29FN6OS/c1-32-7-3-4-18(17-32)25-30-23(14-24(31-25)29-22-6-2-5-21(27)13-22)19-12-20(16-28-15-19)26(34)33-8-10-35-11-9-33/h2,5-6,12-16,18H,3-4,7-11,17H2,1H3,(H,29,30,31). The number of benzene rings is 1. The molecule has 1 unspecified atom stereocenters. The number of thioether (sulfide) groups is 1. The molecule has 4 heterocycles. The normalized spacial score (nSPS) is 18.9. The molecule has 1 aromatic carbocycles. The third-order valence-corrected chi connectivity index (χ3v) is 7.35. The van der Waals surface area contributed by atoms with Crippen molar-refractivity contribution < 1.29 is 9.18 Å². The van der Waals surface area contributed by atoms with Crippen molar-refractivity contribution in [2.24, 2.45) is 0 Å². The third-order valence-electron chi connectivity index (χ3n) is 6.41. The van der Waals surface area contributed by atoms with Gasteiger partial charge in [0.15, 0.2) is 0 Å². The number of hydrogen-bond donors (Lipinski definition) is 1. The maximum atomic E-state index is 13.8. The number of likely N-dealkylation sites (N-methyl/N-ethyl adjacent to an activating group) is 1. The summed E-state index contributed by atoms with van der Waals surface area (Å²) in [6, 6.07) is 10.0. The molecule has 0 spiro atoms. The lowest BCUT2D eigenvalue weighted by molar-refractivity contribution is 0.0772. The molecule has 7 nitrogen and oxygen atoms in total. The lowest BCUT2D eigenvalue weighted by atomic mass is 9.97. The van der Waals surface area contributed by atoms with Crippen LogP contribution < -0.4 is 5.32 Å². The lowest BCUT2D eigenvalue weighted by Crippen LogP contribution is -2.37. The maximum absolute atomic E-state index is 13.8. The number of amides is 1. The second kappa shape index (κ2) is 10.7. The number of anilines is 2. The Kier molecular flexibility index (Phi) is 7.24. The Labute approximate surface area is 209 Å². The highest BCUT2D eigenvalue weighted by molar-refractivity contribution is 7.99. The quantitative estimate of drug-likeness (QED) is 0.565. The van der Waals surface area contributed by atoms with Gasteiger partial charge in [0.05, 0.1) is 11.3 Å². The Morgan fingerprint density at radius 1 is 1.11 bits per heavy atom. The van der Waals surface area contributed by atoms with E-state index in [1.165, 1.54) is 12.1 Å². The van der Waals surface area contributed by atoms with Crippen LogP contribution in [-0.2, 0) is 0 Å². The predicted molar refractivity (Wildman–Crippen MR) is 138 cm³/mol. The van der Waals surface area contributed by atoms with Gasteiger partial charge in [-0.15, -0.1) is 0 Å². The molecule has 0 aliphatic carbocycles. The molecular formula is C26H29FN6OS. The molecule has 0 bridgehead atoms. The average molecular weight is 493 g/mol. The van der Waals surface area contributed by atoms with Crippen LogP contribution in [-0.4, -0.2) is 75.4 Å². The van der Waals surface area contributed by atoms with Gasteiger partial charge in [-0.1, -0.05) is 6.07 Å². The van der Waals surface area contributed by atoms with Gasteiger partial charge in [-0.3, -0.25) is 9.78 Å². The first-order chi connectivity index (χ1) is 17.0. The van der Waals surface area contributed by atoms with Crippen molar-refractivity contribution in [2.45, 2.75) is 18.8 Å². The van der Waals surface area contributed by atoms with Gasteiger partial charge in [0.1, 0.15) is 17.5 Å². The second-order valence-electron chi connectivity index (χ2n) is 9.10. The highest BCUT2D eigenvalue weighted by Crippen LogP contribution is 2.29. The molecular weight excluding hydrogens is 463 g/mol. The van der Waals surface area contributed by atoms with Gasteiger partial charge in [-0.05, 0) is 50.7 Å². The van der Waals surface area contributed by atoms with E-state index in [0.717, 1.165) is 61.9 Å². The van der Waals surface area contributed by atoms with E-state index in [2.05, 4.69) is 22.2 Å². The van der Waals surface area contributed by atoms with Crippen molar-refractivity contribution in [3.63, 3.8) is 0 Å². The number of hydrogen-bond acceptors (Lipinski definition) is 7. The monoisotopic (exact) mass is 492 g/mol. The van der Waals surface area contributed by atoms with E-state index < -0.39 is 0 Å². The molecule has 0 radical (unpaired) electrons. The van der Waals surface area contributed by atoms with E-state index in [-0.39, 0.29) is 17.6 Å². The molecule has 3 aromatic rings. The van der Waals surface area contributed by atoms with Crippen LogP contribution in [0.2, 0.25) is 0 Å². The number of likely N-dealkylation sites (tertiary alicyclic amines) is 1. The Morgan fingerprint density at radius 3 is 2.77 bits per heavy atom. The Morgan fingerprint density at radius 2 is 1.97 bits per heavy atom. The zero-order valence-corrected chi connectivity index (χ0v) is 20.6. The molecule has 2 saturated heterocycles. The SMILES string of the molecule is CN1CCCC(c2nc(Nc3cccc(F)c3)cc(-c3cncc(C(=O)N4CCSCC4)c3)n2)C1. The number of rotatable bonds is 5. The zero-order valence-electron chi connectivity index (χ0n) is 19.8. The number of pyridine rings is 1. The summed E-state index contributed by atoms with van der Waals surface area (Å²) < 4.78 is 13.8. The molecule has 9 heteroatoms. The largest absolute Gasteiger partial charge is 0.340 e. The average Bonchev–Trinajstić information content (AvgIpc) is 2.89. The Hall–Kier alpha value is -3.04. The van der Waals surface area contributed by atoms with E-state index in [4.69, 9.17) is 9.97 Å². The van der Waals surface area contributed by atoms with Gasteiger partial charge in [0.2, 0.25) is 0 Å². The van der Waals surface area contributed by atoms with Crippen LogP contribution in [0.5, 0.6) is 0 Å². The molecule has 1 atom stereocenters. The van der Waals surface area contributed by atoms with Gasteiger partial charge in [0, 0.05) is 66.8 Å². The second-order valence-corrected chi connectivity index (χ2v) is 10.3. The van der Waals surface area contributed by atoms with Crippen molar-refractivity contribution in [2.75, 3.05) is 50.0 Å². The molecule has 1 amide bonds. The van der Waals surface area contributed by atoms with Crippen LogP contribution in [0.15, 0.2) is 48.8 Å². The fraction of sp³-hybridized carbons (Fsp3) is 0.385. The number of aromatic nitrogens is 3. The van der Waals surface area contributed by atoms with Crippen LogP contribution in [0.4, 0.5) is 15.9 Å². The first-order valence-electron chi connectivity index (χ1n) is 12.0. The number of halogens is 1. The topological polar surface area (TPSA) is 74.2 Å². The minimum atomic E-state index is -0.315. The summed E-state index contributed by atoms with van der Waals surface area (Å²) in [6.45, 7) is 3.45. The number of piperidine rings is 1. The van der Waals surface area contributed by atoms with Crippen molar-refractivity contribution >= 4 is 29.2 Å². The number of carbonyl (C=O) groups excluding carboxylic acids is 1. The molecule has 2 fully saturated rings. The predicted octanol–water partition coefficient (Wildman–Crippen LogP) is 4.42. The van der Waals surface area contributed by atoms with Gasteiger partial charge < -0.3 is 15.1 Å². The summed E-state index contributed by atoms with van der Waals surface area (Å²) in [4.78, 5) is 31.3. The van der Waals surface area contributed by atoms with Crippen molar-refractivity contribution in [3.8, 4) is 11.3 Å². The number of carbonyl (C=O) groups is 1. The van der Waals surface area contributed by atoms with E-state index in [1.54, 1.807) is 24.5 Å². The third kappa shape index (κ3) is 5.79.